The topological polar surface area (TPSA) is 29.1 Å². The smallest absolute Gasteiger partial charge is 0.352 e. The second-order valence-electron chi connectivity index (χ2n) is 3.05. The largest absolute Gasteiger partial charge is 0.416 e. The van der Waals surface area contributed by atoms with Crippen molar-refractivity contribution in [2.75, 3.05) is 6.54 Å². The number of alkyl halides is 3. The van der Waals surface area contributed by atoms with Gasteiger partial charge in [0.1, 0.15) is 5.82 Å². The van der Waals surface area contributed by atoms with E-state index in [1.165, 1.54) is 0 Å². The molecule has 1 aromatic carbocycles. The number of halogens is 4. The zero-order valence-electron chi connectivity index (χ0n) is 8.36. The molecule has 16 heavy (non-hydrogen) atoms. The maximum atomic E-state index is 13.1. The SMILES string of the molecule is CCNC(=O)c1cc(C(F)(F)F)ccc1F. The molecule has 0 aliphatic carbocycles. The number of amides is 1. The Kier molecular flexibility index (Phi) is 3.51. The Morgan fingerprint density at radius 1 is 1.38 bits per heavy atom. The van der Waals surface area contributed by atoms with Gasteiger partial charge in [0.05, 0.1) is 11.1 Å². The molecule has 1 rings (SSSR count). The molecule has 1 aromatic rings. The molecule has 1 N–H and O–H groups in total. The Hall–Kier alpha value is -1.59. The maximum Gasteiger partial charge on any atom is 0.416 e. The van der Waals surface area contributed by atoms with Crippen LogP contribution in [0, 0.1) is 5.82 Å². The van der Waals surface area contributed by atoms with Gasteiger partial charge in [-0.3, -0.25) is 4.79 Å². The molecule has 0 aliphatic heterocycles. The zero-order chi connectivity index (χ0) is 12.3. The highest BCUT2D eigenvalue weighted by atomic mass is 19.4. The van der Waals surface area contributed by atoms with Crippen LogP contribution in [-0.4, -0.2) is 12.5 Å². The van der Waals surface area contributed by atoms with E-state index in [1.54, 1.807) is 6.92 Å². The van der Waals surface area contributed by atoms with Crippen LogP contribution >= 0.6 is 0 Å². The normalized spacial score (nSPS) is 11.3. The predicted octanol–water partition coefficient (Wildman–Crippen LogP) is 2.59. The summed E-state index contributed by atoms with van der Waals surface area (Å²) in [6.07, 6.45) is -4.59. The highest BCUT2D eigenvalue weighted by Gasteiger charge is 2.31. The number of hydrogen-bond donors (Lipinski definition) is 1. The lowest BCUT2D eigenvalue weighted by molar-refractivity contribution is -0.137. The van der Waals surface area contributed by atoms with E-state index in [0.29, 0.717) is 18.2 Å². The molecule has 0 bridgehead atoms. The van der Waals surface area contributed by atoms with Gasteiger partial charge in [0.25, 0.3) is 5.91 Å². The van der Waals surface area contributed by atoms with Crippen LogP contribution in [0.5, 0.6) is 0 Å². The first-order valence-electron chi connectivity index (χ1n) is 4.51. The van der Waals surface area contributed by atoms with Crippen LogP contribution in [0.2, 0.25) is 0 Å². The van der Waals surface area contributed by atoms with E-state index in [9.17, 15) is 22.4 Å². The first-order chi connectivity index (χ1) is 7.36. The number of nitrogens with one attached hydrogen (secondary N) is 1. The molecule has 0 spiro atoms. The summed E-state index contributed by atoms with van der Waals surface area (Å²) in [5, 5.41) is 2.24. The second kappa shape index (κ2) is 4.51. The van der Waals surface area contributed by atoms with Crippen molar-refractivity contribution in [3.8, 4) is 0 Å². The zero-order valence-corrected chi connectivity index (χ0v) is 8.36. The summed E-state index contributed by atoms with van der Waals surface area (Å²) in [6.45, 7) is 1.80. The van der Waals surface area contributed by atoms with Crippen LogP contribution in [0.25, 0.3) is 0 Å². The molecule has 0 heterocycles. The summed E-state index contributed by atoms with van der Waals surface area (Å²) in [7, 11) is 0. The van der Waals surface area contributed by atoms with Crippen molar-refractivity contribution in [1.29, 1.82) is 0 Å². The lowest BCUT2D eigenvalue weighted by Crippen LogP contribution is -2.24. The van der Waals surface area contributed by atoms with E-state index < -0.39 is 29.0 Å². The van der Waals surface area contributed by atoms with Gasteiger partial charge in [-0.05, 0) is 25.1 Å². The lowest BCUT2D eigenvalue weighted by Gasteiger charge is -2.09. The minimum atomic E-state index is -4.59. The van der Waals surface area contributed by atoms with Crippen molar-refractivity contribution in [2.45, 2.75) is 13.1 Å². The van der Waals surface area contributed by atoms with E-state index >= 15 is 0 Å². The molecular weight excluding hydrogens is 226 g/mol. The van der Waals surface area contributed by atoms with Gasteiger partial charge in [0, 0.05) is 6.54 Å². The minimum absolute atomic E-state index is 0.217. The van der Waals surface area contributed by atoms with Crippen molar-refractivity contribution >= 4 is 5.91 Å². The van der Waals surface area contributed by atoms with Gasteiger partial charge >= 0.3 is 6.18 Å². The number of benzene rings is 1. The summed E-state index contributed by atoms with van der Waals surface area (Å²) in [5.74, 6) is -1.83. The molecule has 0 fully saturated rings. The molecular formula is C10H9F4NO. The van der Waals surface area contributed by atoms with E-state index in [4.69, 9.17) is 0 Å². The average Bonchev–Trinajstić information content (AvgIpc) is 2.16. The van der Waals surface area contributed by atoms with Gasteiger partial charge in [-0.2, -0.15) is 13.2 Å². The third kappa shape index (κ3) is 2.71. The quantitative estimate of drug-likeness (QED) is 0.784. The van der Waals surface area contributed by atoms with Crippen LogP contribution in [0.15, 0.2) is 18.2 Å². The van der Waals surface area contributed by atoms with E-state index in [0.717, 1.165) is 0 Å². The summed E-state index contributed by atoms with van der Waals surface area (Å²) >= 11 is 0. The first kappa shape index (κ1) is 12.5. The standard InChI is InChI=1S/C10H9F4NO/c1-2-15-9(16)7-5-6(10(12,13)14)3-4-8(7)11/h3-5H,2H2,1H3,(H,15,16). The molecule has 0 saturated carbocycles. The average molecular weight is 235 g/mol. The minimum Gasteiger partial charge on any atom is -0.352 e. The maximum absolute atomic E-state index is 13.1. The number of carbonyl (C=O) groups excluding carboxylic acids is 1. The number of hydrogen-bond acceptors (Lipinski definition) is 1. The molecule has 0 aromatic heterocycles. The Morgan fingerprint density at radius 2 is 2.00 bits per heavy atom. The van der Waals surface area contributed by atoms with E-state index in [2.05, 4.69) is 5.32 Å². The van der Waals surface area contributed by atoms with Crippen LogP contribution in [0.4, 0.5) is 17.6 Å². The van der Waals surface area contributed by atoms with Crippen molar-refractivity contribution in [3.05, 3.63) is 35.1 Å². The van der Waals surface area contributed by atoms with Crippen LogP contribution in [-0.2, 0) is 6.18 Å². The van der Waals surface area contributed by atoms with Gasteiger partial charge in [0.2, 0.25) is 0 Å². The second-order valence-corrected chi connectivity index (χ2v) is 3.05. The lowest BCUT2D eigenvalue weighted by atomic mass is 10.1. The summed E-state index contributed by atoms with van der Waals surface area (Å²) < 4.78 is 50.0. The van der Waals surface area contributed by atoms with Crippen LogP contribution < -0.4 is 5.32 Å². The molecule has 2 nitrogen and oxygen atoms in total. The van der Waals surface area contributed by atoms with Gasteiger partial charge in [0.15, 0.2) is 0 Å². The molecule has 0 atom stereocenters. The Balaban J connectivity index is 3.14. The number of carbonyl (C=O) groups is 1. The Labute approximate surface area is 89.3 Å². The van der Waals surface area contributed by atoms with Gasteiger partial charge in [-0.25, -0.2) is 4.39 Å². The van der Waals surface area contributed by atoms with Crippen LogP contribution in [0.3, 0.4) is 0 Å². The van der Waals surface area contributed by atoms with E-state index in [1.807, 2.05) is 0 Å². The fourth-order valence-corrected chi connectivity index (χ4v) is 1.13. The van der Waals surface area contributed by atoms with Crippen molar-refractivity contribution in [2.24, 2.45) is 0 Å². The summed E-state index contributed by atoms with van der Waals surface area (Å²) in [4.78, 5) is 11.2. The third-order valence-corrected chi connectivity index (χ3v) is 1.88. The molecule has 88 valence electrons. The Bertz CT molecular complexity index is 400. The predicted molar refractivity (Wildman–Crippen MR) is 49.4 cm³/mol. The molecule has 0 saturated heterocycles. The Morgan fingerprint density at radius 3 is 2.50 bits per heavy atom. The third-order valence-electron chi connectivity index (χ3n) is 1.88. The van der Waals surface area contributed by atoms with Gasteiger partial charge < -0.3 is 5.32 Å². The molecule has 0 unspecified atom stereocenters. The van der Waals surface area contributed by atoms with Gasteiger partial charge in [-0.15, -0.1) is 0 Å². The van der Waals surface area contributed by atoms with Crippen molar-refractivity contribution in [3.63, 3.8) is 0 Å². The van der Waals surface area contributed by atoms with E-state index in [-0.39, 0.29) is 6.54 Å². The van der Waals surface area contributed by atoms with Crippen LogP contribution in [0.1, 0.15) is 22.8 Å². The van der Waals surface area contributed by atoms with Crippen molar-refractivity contribution in [1.82, 2.24) is 5.32 Å². The van der Waals surface area contributed by atoms with Gasteiger partial charge in [-0.1, -0.05) is 0 Å². The fourth-order valence-electron chi connectivity index (χ4n) is 1.13. The molecule has 1 amide bonds. The first-order valence-corrected chi connectivity index (χ1v) is 4.51. The summed E-state index contributed by atoms with van der Waals surface area (Å²) in [5.41, 5.74) is -1.65. The monoisotopic (exact) mass is 235 g/mol. The van der Waals surface area contributed by atoms with Crippen molar-refractivity contribution < 1.29 is 22.4 Å². The molecule has 0 aliphatic rings. The fraction of sp³-hybridized carbons (Fsp3) is 0.300. The summed E-state index contributed by atoms with van der Waals surface area (Å²) in [6, 6.07) is 1.73. The molecule has 0 radical (unpaired) electrons. The highest BCUT2D eigenvalue weighted by Crippen LogP contribution is 2.30. The molecule has 6 heteroatoms. The highest BCUT2D eigenvalue weighted by molar-refractivity contribution is 5.94. The number of rotatable bonds is 2.